The average molecular weight is 176 g/mol. The van der Waals surface area contributed by atoms with Gasteiger partial charge in [-0.1, -0.05) is 6.07 Å². The molecule has 0 N–H and O–H groups in total. The first-order valence-corrected chi connectivity index (χ1v) is 3.90. The molecule has 0 aliphatic heterocycles. The van der Waals surface area contributed by atoms with Crippen LogP contribution in [0.4, 0.5) is 0 Å². The fraction of sp³-hybridized carbons (Fsp3) is 0.300. The second-order valence-corrected chi connectivity index (χ2v) is 2.38. The average Bonchev–Trinajstić information content (AvgIpc) is 2.19. The number of nitriles is 1. The van der Waals surface area contributed by atoms with Gasteiger partial charge in [0, 0.05) is 7.11 Å². The Morgan fingerprint density at radius 3 is 3.08 bits per heavy atom. The summed E-state index contributed by atoms with van der Waals surface area (Å²) in [5.41, 5.74) is 0.499. The molecule has 0 spiro atoms. The second kappa shape index (κ2) is 5.18. The van der Waals surface area contributed by atoms with Crippen molar-refractivity contribution in [1.82, 2.24) is 0 Å². The number of hydrogen-bond acceptors (Lipinski definition) is 3. The van der Waals surface area contributed by atoms with Crippen molar-refractivity contribution in [3.63, 3.8) is 0 Å². The Labute approximate surface area is 77.5 Å². The lowest BCUT2D eigenvalue weighted by Crippen LogP contribution is -2.05. The highest BCUT2D eigenvalue weighted by Crippen LogP contribution is 2.15. The highest BCUT2D eigenvalue weighted by Gasteiger charge is 2.00. The normalized spacial score (nSPS) is 9.23. The molecule has 0 aromatic heterocycles. The largest absolute Gasteiger partial charge is 0.490 e. The van der Waals surface area contributed by atoms with Gasteiger partial charge in [-0.25, -0.2) is 0 Å². The third kappa shape index (κ3) is 2.77. The van der Waals surface area contributed by atoms with E-state index in [0.717, 1.165) is 0 Å². The molecule has 67 valence electrons. The number of hydrogen-bond donors (Lipinski definition) is 0. The predicted molar refractivity (Wildman–Crippen MR) is 47.4 cm³/mol. The summed E-state index contributed by atoms with van der Waals surface area (Å²) in [6.45, 7) is 0.971. The van der Waals surface area contributed by atoms with Gasteiger partial charge in [0.1, 0.15) is 18.4 Å². The van der Waals surface area contributed by atoms with Crippen LogP contribution >= 0.6 is 0 Å². The fourth-order valence-corrected chi connectivity index (χ4v) is 0.864. The number of methoxy groups -OCH3 is 1. The monoisotopic (exact) mass is 176 g/mol. The molecule has 1 aromatic carbocycles. The molecule has 0 saturated heterocycles. The van der Waals surface area contributed by atoms with Gasteiger partial charge < -0.3 is 9.47 Å². The topological polar surface area (TPSA) is 42.2 Å². The van der Waals surface area contributed by atoms with Crippen LogP contribution < -0.4 is 4.74 Å². The lowest BCUT2D eigenvalue weighted by molar-refractivity contribution is 0.146. The Bertz CT molecular complexity index is 304. The summed E-state index contributed by atoms with van der Waals surface area (Å²) in [4.78, 5) is 0. The summed E-state index contributed by atoms with van der Waals surface area (Å²) in [6.07, 6.45) is 0. The van der Waals surface area contributed by atoms with Crippen molar-refractivity contribution >= 4 is 0 Å². The van der Waals surface area contributed by atoms with Crippen LogP contribution in [0.5, 0.6) is 5.75 Å². The van der Waals surface area contributed by atoms with Gasteiger partial charge in [0.25, 0.3) is 0 Å². The quantitative estimate of drug-likeness (QED) is 0.651. The molecule has 0 unspecified atom stereocenters. The summed E-state index contributed by atoms with van der Waals surface area (Å²) in [5, 5.41) is 8.69. The van der Waals surface area contributed by atoms with E-state index in [-0.39, 0.29) is 0 Å². The maximum absolute atomic E-state index is 8.69. The Hall–Kier alpha value is -1.53. The van der Waals surface area contributed by atoms with Crippen molar-refractivity contribution in [3.05, 3.63) is 29.8 Å². The van der Waals surface area contributed by atoms with Gasteiger partial charge >= 0.3 is 0 Å². The second-order valence-electron chi connectivity index (χ2n) is 2.38. The minimum Gasteiger partial charge on any atom is -0.490 e. The van der Waals surface area contributed by atoms with E-state index in [2.05, 4.69) is 6.07 Å². The van der Waals surface area contributed by atoms with Crippen molar-refractivity contribution in [2.45, 2.75) is 0 Å². The van der Waals surface area contributed by atoms with Gasteiger partial charge in [0.2, 0.25) is 0 Å². The smallest absolute Gasteiger partial charge is 0.137 e. The lowest BCUT2D eigenvalue weighted by Gasteiger charge is -2.05. The minimum absolute atomic E-state index is 0.454. The highest BCUT2D eigenvalue weighted by molar-refractivity contribution is 5.42. The third-order valence-electron chi connectivity index (χ3n) is 1.49. The van der Waals surface area contributed by atoms with E-state index in [1.165, 1.54) is 0 Å². The van der Waals surface area contributed by atoms with Crippen molar-refractivity contribution in [2.75, 3.05) is 20.3 Å². The molecule has 0 atom stereocenters. The van der Waals surface area contributed by atoms with Crippen molar-refractivity contribution in [1.29, 1.82) is 5.26 Å². The molecule has 0 bridgehead atoms. The molecule has 0 aliphatic rings. The number of nitrogens with zero attached hydrogens (tertiary/aromatic N) is 1. The summed E-state index contributed by atoms with van der Waals surface area (Å²) in [7, 11) is 1.60. The van der Waals surface area contributed by atoms with Crippen LogP contribution in [0.3, 0.4) is 0 Å². The van der Waals surface area contributed by atoms with Crippen molar-refractivity contribution in [3.8, 4) is 11.8 Å². The summed E-state index contributed by atoms with van der Waals surface area (Å²) >= 11 is 0. The molecule has 3 heteroatoms. The zero-order chi connectivity index (χ0) is 9.52. The standard InChI is InChI=1S/C10H10NO2/c1-12-6-7-13-10-5-3-2-4-9(10)8-11/h3-5H,6-7H2,1H3. The van der Waals surface area contributed by atoms with Crippen molar-refractivity contribution in [2.24, 2.45) is 0 Å². The van der Waals surface area contributed by atoms with Crippen LogP contribution in [0.1, 0.15) is 5.56 Å². The Kier molecular flexibility index (Phi) is 3.80. The Morgan fingerprint density at radius 1 is 1.54 bits per heavy atom. The molecular formula is C10H10NO2. The summed E-state index contributed by atoms with van der Waals surface area (Å²) in [5.74, 6) is 0.582. The molecule has 1 radical (unpaired) electrons. The van der Waals surface area contributed by atoms with Crippen LogP contribution in [0, 0.1) is 17.4 Å². The van der Waals surface area contributed by atoms with Gasteiger partial charge in [-0.05, 0) is 18.2 Å². The van der Waals surface area contributed by atoms with Crippen LogP contribution in [-0.2, 0) is 4.74 Å². The first kappa shape index (κ1) is 9.56. The Balaban J connectivity index is 2.60. The number of ether oxygens (including phenoxy) is 2. The number of benzene rings is 1. The van der Waals surface area contributed by atoms with Crippen LogP contribution in [-0.4, -0.2) is 20.3 Å². The van der Waals surface area contributed by atoms with Gasteiger partial charge in [-0.3, -0.25) is 0 Å². The van der Waals surface area contributed by atoms with Gasteiger partial charge in [0.05, 0.1) is 12.2 Å². The molecule has 13 heavy (non-hydrogen) atoms. The third-order valence-corrected chi connectivity index (χ3v) is 1.49. The molecule has 1 rings (SSSR count). The molecule has 0 saturated carbocycles. The van der Waals surface area contributed by atoms with Gasteiger partial charge in [-0.15, -0.1) is 0 Å². The molecule has 1 aromatic rings. The first-order valence-electron chi connectivity index (χ1n) is 3.90. The SMILES string of the molecule is COCCOc1cc[c]cc1C#N. The first-order chi connectivity index (χ1) is 6.38. The summed E-state index contributed by atoms with van der Waals surface area (Å²) < 4.78 is 10.1. The van der Waals surface area contributed by atoms with Gasteiger partial charge in [0.15, 0.2) is 0 Å². The van der Waals surface area contributed by atoms with Crippen molar-refractivity contribution < 1.29 is 9.47 Å². The van der Waals surface area contributed by atoms with Gasteiger partial charge in [-0.2, -0.15) is 5.26 Å². The van der Waals surface area contributed by atoms with E-state index in [1.54, 1.807) is 25.3 Å². The lowest BCUT2D eigenvalue weighted by atomic mass is 10.2. The van der Waals surface area contributed by atoms with Crippen LogP contribution in [0.15, 0.2) is 18.2 Å². The molecule has 0 aliphatic carbocycles. The minimum atomic E-state index is 0.454. The summed E-state index contributed by atoms with van der Waals surface area (Å²) in [6, 6.07) is 9.86. The predicted octanol–water partition coefficient (Wildman–Crippen LogP) is 1.38. The Morgan fingerprint density at radius 2 is 2.38 bits per heavy atom. The van der Waals surface area contributed by atoms with E-state index in [0.29, 0.717) is 24.5 Å². The van der Waals surface area contributed by atoms with Crippen LogP contribution in [0.2, 0.25) is 0 Å². The maximum atomic E-state index is 8.69. The van der Waals surface area contributed by atoms with Crippen LogP contribution in [0.25, 0.3) is 0 Å². The molecule has 0 heterocycles. The fourth-order valence-electron chi connectivity index (χ4n) is 0.864. The zero-order valence-corrected chi connectivity index (χ0v) is 7.41. The maximum Gasteiger partial charge on any atom is 0.137 e. The molecule has 0 amide bonds. The highest BCUT2D eigenvalue weighted by atomic mass is 16.5. The van der Waals surface area contributed by atoms with E-state index in [9.17, 15) is 0 Å². The molecule has 0 fully saturated rings. The molecule has 3 nitrogen and oxygen atoms in total. The van der Waals surface area contributed by atoms with E-state index in [1.807, 2.05) is 6.07 Å². The molecular weight excluding hydrogens is 166 g/mol. The van der Waals surface area contributed by atoms with E-state index in [4.69, 9.17) is 14.7 Å². The zero-order valence-electron chi connectivity index (χ0n) is 7.41. The van der Waals surface area contributed by atoms with E-state index >= 15 is 0 Å². The van der Waals surface area contributed by atoms with E-state index < -0.39 is 0 Å². The number of rotatable bonds is 4.